The average molecular weight is 240 g/mol. The molecule has 0 aromatic rings. The van der Waals surface area contributed by atoms with Crippen LogP contribution in [0.3, 0.4) is 0 Å². The van der Waals surface area contributed by atoms with E-state index in [1.807, 2.05) is 0 Å². The Bertz CT molecular complexity index is 325. The molecule has 0 spiro atoms. The van der Waals surface area contributed by atoms with E-state index in [9.17, 15) is 19.2 Å². The number of carbonyl (C=O) groups is 4. The van der Waals surface area contributed by atoms with Crippen LogP contribution in [0.25, 0.3) is 0 Å². The van der Waals surface area contributed by atoms with Crippen LogP contribution in [-0.2, 0) is 19.2 Å². The van der Waals surface area contributed by atoms with Gasteiger partial charge in [0.25, 0.3) is 0 Å². The van der Waals surface area contributed by atoms with Crippen LogP contribution in [0.15, 0.2) is 12.2 Å². The molecule has 0 aliphatic heterocycles. The zero-order valence-electron chi connectivity index (χ0n) is 9.59. The maximum Gasteiger partial charge on any atom is 0.217 e. The van der Waals surface area contributed by atoms with Crippen LogP contribution in [-0.4, -0.2) is 36.3 Å². The summed E-state index contributed by atoms with van der Waals surface area (Å²) in [5, 5.41) is 2.37. The highest BCUT2D eigenvalue weighted by Gasteiger charge is 2.20. The van der Waals surface area contributed by atoms with E-state index >= 15 is 0 Å². The highest BCUT2D eigenvalue weighted by molar-refractivity contribution is 5.90. The van der Waals surface area contributed by atoms with Gasteiger partial charge in [0.15, 0.2) is 5.78 Å². The number of aldehydes is 2. The Kier molecular flexibility index (Phi) is 7.45. The average Bonchev–Trinajstić information content (AvgIpc) is 2.25. The second-order valence-electron chi connectivity index (χ2n) is 3.51. The summed E-state index contributed by atoms with van der Waals surface area (Å²) >= 11 is 0. The topological polar surface area (TPSA) is 106 Å². The van der Waals surface area contributed by atoms with Crippen molar-refractivity contribution >= 4 is 24.3 Å². The number of nitrogens with two attached hydrogens (primary N) is 1. The molecule has 0 aliphatic rings. The van der Waals surface area contributed by atoms with Crippen molar-refractivity contribution in [2.45, 2.75) is 31.8 Å². The smallest absolute Gasteiger partial charge is 0.217 e. The van der Waals surface area contributed by atoms with Crippen LogP contribution in [0, 0.1) is 0 Å². The summed E-state index contributed by atoms with van der Waals surface area (Å²) in [5.41, 5.74) is 5.56. The van der Waals surface area contributed by atoms with Crippen molar-refractivity contribution in [1.82, 2.24) is 5.32 Å². The Morgan fingerprint density at radius 3 is 2.47 bits per heavy atom. The molecule has 2 unspecified atom stereocenters. The summed E-state index contributed by atoms with van der Waals surface area (Å²) in [6.45, 7) is 1.26. The molecule has 0 saturated heterocycles. The van der Waals surface area contributed by atoms with E-state index in [1.54, 1.807) is 0 Å². The number of allylic oxidation sites excluding steroid dienone is 1. The van der Waals surface area contributed by atoms with Gasteiger partial charge in [-0.05, 0) is 6.08 Å². The van der Waals surface area contributed by atoms with Crippen molar-refractivity contribution in [1.29, 1.82) is 0 Å². The lowest BCUT2D eigenvalue weighted by Gasteiger charge is -2.15. The van der Waals surface area contributed by atoms with Gasteiger partial charge in [-0.15, -0.1) is 0 Å². The standard InChI is InChI=1S/C11H16N2O4/c1-8(16)13-10(4-6-15)11(17)7-9(12)3-2-5-14/h2-3,5-6,9-10H,4,7,12H2,1H3,(H,13,16). The number of hydrogen-bond donors (Lipinski definition) is 2. The molecule has 0 rings (SSSR count). The number of ketones is 1. The first kappa shape index (κ1) is 15.2. The largest absolute Gasteiger partial charge is 0.346 e. The van der Waals surface area contributed by atoms with Crippen molar-refractivity contribution in [3.05, 3.63) is 12.2 Å². The normalized spacial score (nSPS) is 14.0. The lowest BCUT2D eigenvalue weighted by molar-refractivity contribution is -0.127. The first-order valence-electron chi connectivity index (χ1n) is 5.12. The Morgan fingerprint density at radius 2 is 2.00 bits per heavy atom. The predicted octanol–water partition coefficient (Wildman–Crippen LogP) is -0.878. The van der Waals surface area contributed by atoms with Gasteiger partial charge in [-0.3, -0.25) is 14.4 Å². The van der Waals surface area contributed by atoms with E-state index in [1.165, 1.54) is 19.1 Å². The van der Waals surface area contributed by atoms with Crippen LogP contribution in [0.4, 0.5) is 0 Å². The number of Topliss-reactive ketones (excluding diaryl/α,β-unsaturated/α-hetero) is 1. The molecule has 6 nitrogen and oxygen atoms in total. The van der Waals surface area contributed by atoms with Gasteiger partial charge in [0.1, 0.15) is 12.6 Å². The SMILES string of the molecule is CC(=O)NC(CC=O)C(=O)CC(N)C=CC=O. The molecule has 0 aliphatic carbocycles. The fourth-order valence-electron chi connectivity index (χ4n) is 1.24. The molecule has 0 aromatic heterocycles. The number of amides is 1. The Morgan fingerprint density at radius 1 is 1.35 bits per heavy atom. The van der Waals surface area contributed by atoms with E-state index in [0.29, 0.717) is 12.6 Å². The molecule has 3 N–H and O–H groups in total. The van der Waals surface area contributed by atoms with E-state index < -0.39 is 12.1 Å². The van der Waals surface area contributed by atoms with Gasteiger partial charge in [-0.25, -0.2) is 0 Å². The molecule has 6 heteroatoms. The number of nitrogens with one attached hydrogen (secondary N) is 1. The molecule has 0 radical (unpaired) electrons. The van der Waals surface area contributed by atoms with E-state index in [-0.39, 0.29) is 24.5 Å². The van der Waals surface area contributed by atoms with Gasteiger partial charge in [-0.1, -0.05) is 6.08 Å². The predicted molar refractivity (Wildman–Crippen MR) is 61.1 cm³/mol. The summed E-state index contributed by atoms with van der Waals surface area (Å²) in [4.78, 5) is 42.9. The molecule has 0 fully saturated rings. The van der Waals surface area contributed by atoms with Crippen LogP contribution in [0.5, 0.6) is 0 Å². The number of hydrogen-bond acceptors (Lipinski definition) is 5. The fourth-order valence-corrected chi connectivity index (χ4v) is 1.24. The fraction of sp³-hybridized carbons (Fsp3) is 0.455. The highest BCUT2D eigenvalue weighted by atomic mass is 16.2. The maximum absolute atomic E-state index is 11.7. The third kappa shape index (κ3) is 7.13. The van der Waals surface area contributed by atoms with Crippen molar-refractivity contribution in [3.63, 3.8) is 0 Å². The van der Waals surface area contributed by atoms with Crippen LogP contribution < -0.4 is 11.1 Å². The summed E-state index contributed by atoms with van der Waals surface area (Å²) in [6, 6.07) is -1.45. The molecular weight excluding hydrogens is 224 g/mol. The minimum absolute atomic E-state index is 0.0386. The van der Waals surface area contributed by atoms with Gasteiger partial charge in [-0.2, -0.15) is 0 Å². The van der Waals surface area contributed by atoms with E-state index in [0.717, 1.165) is 0 Å². The number of carbonyl (C=O) groups excluding carboxylic acids is 4. The Labute approximate surface area is 99.2 Å². The molecule has 0 aromatic carbocycles. The van der Waals surface area contributed by atoms with Gasteiger partial charge < -0.3 is 15.8 Å². The van der Waals surface area contributed by atoms with Crippen molar-refractivity contribution in [2.24, 2.45) is 5.73 Å². The van der Waals surface area contributed by atoms with Crippen LogP contribution in [0.2, 0.25) is 0 Å². The zero-order valence-corrected chi connectivity index (χ0v) is 9.59. The van der Waals surface area contributed by atoms with Crippen LogP contribution >= 0.6 is 0 Å². The molecule has 17 heavy (non-hydrogen) atoms. The molecule has 0 bridgehead atoms. The molecular formula is C11H16N2O4. The second kappa shape index (κ2) is 8.35. The lowest BCUT2D eigenvalue weighted by Crippen LogP contribution is -2.41. The number of rotatable bonds is 8. The van der Waals surface area contributed by atoms with Crippen molar-refractivity contribution in [3.8, 4) is 0 Å². The molecule has 0 heterocycles. The Hall–Kier alpha value is -1.82. The molecule has 2 atom stereocenters. The minimum atomic E-state index is -0.847. The Balaban J connectivity index is 4.40. The third-order valence-corrected chi connectivity index (χ3v) is 1.97. The van der Waals surface area contributed by atoms with Crippen molar-refractivity contribution in [2.75, 3.05) is 0 Å². The summed E-state index contributed by atoms with van der Waals surface area (Å²) in [6.07, 6.45) is 3.58. The van der Waals surface area contributed by atoms with Gasteiger partial charge >= 0.3 is 0 Å². The van der Waals surface area contributed by atoms with Gasteiger partial charge in [0, 0.05) is 25.8 Å². The van der Waals surface area contributed by atoms with Gasteiger partial charge in [0.05, 0.1) is 6.04 Å². The second-order valence-corrected chi connectivity index (χ2v) is 3.51. The van der Waals surface area contributed by atoms with E-state index in [2.05, 4.69) is 5.32 Å². The van der Waals surface area contributed by atoms with E-state index in [4.69, 9.17) is 5.73 Å². The highest BCUT2D eigenvalue weighted by Crippen LogP contribution is 2.00. The van der Waals surface area contributed by atoms with Crippen LogP contribution in [0.1, 0.15) is 19.8 Å². The molecule has 94 valence electrons. The molecule has 0 saturated carbocycles. The zero-order chi connectivity index (χ0) is 13.3. The minimum Gasteiger partial charge on any atom is -0.346 e. The van der Waals surface area contributed by atoms with Crippen molar-refractivity contribution < 1.29 is 19.2 Å². The maximum atomic E-state index is 11.7. The lowest BCUT2D eigenvalue weighted by atomic mass is 10.0. The molecule has 1 amide bonds. The third-order valence-electron chi connectivity index (χ3n) is 1.97. The monoisotopic (exact) mass is 240 g/mol. The summed E-state index contributed by atoms with van der Waals surface area (Å²) in [5.74, 6) is -0.724. The summed E-state index contributed by atoms with van der Waals surface area (Å²) in [7, 11) is 0. The first-order valence-corrected chi connectivity index (χ1v) is 5.12. The first-order chi connectivity index (χ1) is 8.01. The van der Waals surface area contributed by atoms with Gasteiger partial charge in [0.2, 0.25) is 5.91 Å². The quantitative estimate of drug-likeness (QED) is 0.423. The summed E-state index contributed by atoms with van der Waals surface area (Å²) < 4.78 is 0.